The Balaban J connectivity index is 2.03. The first-order valence-electron chi connectivity index (χ1n) is 5.94. The van der Waals surface area contributed by atoms with Gasteiger partial charge in [-0.05, 0) is 13.8 Å². The highest BCUT2D eigenvalue weighted by molar-refractivity contribution is 7.88. The highest BCUT2D eigenvalue weighted by Crippen LogP contribution is 2.45. The molecule has 0 radical (unpaired) electrons. The summed E-state index contributed by atoms with van der Waals surface area (Å²) in [6, 6.07) is 0. The molecule has 0 unspecified atom stereocenters. The molecule has 0 aliphatic carbocycles. The summed E-state index contributed by atoms with van der Waals surface area (Å²) in [7, 11) is -3.51. The van der Waals surface area contributed by atoms with Gasteiger partial charge in [0, 0.05) is 0 Å². The van der Waals surface area contributed by atoms with Gasteiger partial charge in [-0.15, -0.1) is 0 Å². The Morgan fingerprint density at radius 1 is 1.42 bits per heavy atom. The molecule has 0 saturated carbocycles. The van der Waals surface area contributed by atoms with Gasteiger partial charge in [-0.3, -0.25) is 4.99 Å². The van der Waals surface area contributed by atoms with Crippen LogP contribution >= 0.6 is 0 Å². The van der Waals surface area contributed by atoms with Crippen LogP contribution in [0.4, 0.5) is 0 Å². The number of fused-ring (bicyclic) bond motifs is 3. The molecule has 0 spiro atoms. The number of nitrogens with two attached hydrogens (primary N) is 1. The molecule has 4 atom stereocenters. The fourth-order valence-electron chi connectivity index (χ4n) is 2.88. The van der Waals surface area contributed by atoms with Crippen LogP contribution in [0.2, 0.25) is 0 Å². The van der Waals surface area contributed by atoms with Crippen LogP contribution in [0.3, 0.4) is 0 Å². The maximum absolute atomic E-state index is 11.6. The van der Waals surface area contributed by atoms with Crippen molar-refractivity contribution in [2.45, 2.75) is 43.7 Å². The van der Waals surface area contributed by atoms with E-state index in [4.69, 9.17) is 19.9 Å². The van der Waals surface area contributed by atoms with Gasteiger partial charge in [0.1, 0.15) is 23.6 Å². The molecule has 8 nitrogen and oxygen atoms in total. The van der Waals surface area contributed by atoms with Gasteiger partial charge < -0.3 is 19.9 Å². The Morgan fingerprint density at radius 3 is 2.74 bits per heavy atom. The molecule has 0 bridgehead atoms. The first-order valence-corrected chi connectivity index (χ1v) is 7.84. The molecule has 0 aromatic carbocycles. The van der Waals surface area contributed by atoms with Crippen molar-refractivity contribution in [1.29, 1.82) is 0 Å². The summed E-state index contributed by atoms with van der Waals surface area (Å²) in [6.45, 7) is 3.76. The number of aliphatic imine (C=N–C) groups is 1. The second-order valence-electron chi connectivity index (χ2n) is 5.52. The lowest BCUT2D eigenvalue weighted by atomic mass is 9.90. The molecule has 19 heavy (non-hydrogen) atoms. The van der Waals surface area contributed by atoms with Gasteiger partial charge in [-0.25, -0.2) is 8.42 Å². The summed E-state index contributed by atoms with van der Waals surface area (Å²) in [5, 5.41) is 0. The Labute approximate surface area is 111 Å². The average molecular weight is 291 g/mol. The Morgan fingerprint density at radius 2 is 2.11 bits per heavy atom. The number of hydrogen-bond acceptors (Lipinski definition) is 7. The standard InChI is InChI=1S/C10H17N3O5S/c1-9(2)17-6-7(18-9)16-5-4-12-8(11)10(5,6)13-19(3,14)15/h5-7,13H,4H2,1-3H3,(H2,11,12)/t5-,6+,7-,10-/m1/s1. The van der Waals surface area contributed by atoms with Crippen LogP contribution in [0.25, 0.3) is 0 Å². The zero-order chi connectivity index (χ0) is 14.1. The van der Waals surface area contributed by atoms with Crippen LogP contribution in [0.1, 0.15) is 13.8 Å². The summed E-state index contributed by atoms with van der Waals surface area (Å²) >= 11 is 0. The Hall–Kier alpha value is -0.740. The second kappa shape index (κ2) is 3.67. The monoisotopic (exact) mass is 291 g/mol. The van der Waals surface area contributed by atoms with Crippen molar-refractivity contribution in [3.63, 3.8) is 0 Å². The smallest absolute Gasteiger partial charge is 0.209 e. The zero-order valence-electron chi connectivity index (χ0n) is 10.9. The van der Waals surface area contributed by atoms with E-state index < -0.39 is 39.8 Å². The van der Waals surface area contributed by atoms with E-state index in [2.05, 4.69) is 9.71 Å². The molecular formula is C10H17N3O5S. The third kappa shape index (κ3) is 1.88. The van der Waals surface area contributed by atoms with Crippen molar-refractivity contribution in [2.24, 2.45) is 10.7 Å². The minimum Gasteiger partial charge on any atom is -0.386 e. The highest BCUT2D eigenvalue weighted by Gasteiger charge is 2.68. The summed E-state index contributed by atoms with van der Waals surface area (Å²) in [4.78, 5) is 4.09. The zero-order valence-corrected chi connectivity index (χ0v) is 11.7. The third-order valence-electron chi connectivity index (χ3n) is 3.52. The predicted octanol–water partition coefficient (Wildman–Crippen LogP) is -1.48. The first-order chi connectivity index (χ1) is 8.64. The molecule has 0 aromatic heterocycles. The van der Waals surface area contributed by atoms with Crippen LogP contribution in [-0.4, -0.2) is 56.9 Å². The maximum atomic E-state index is 11.6. The van der Waals surface area contributed by atoms with E-state index in [0.717, 1.165) is 6.26 Å². The van der Waals surface area contributed by atoms with E-state index in [0.29, 0.717) is 0 Å². The second-order valence-corrected chi connectivity index (χ2v) is 7.27. The number of amidine groups is 1. The quantitative estimate of drug-likeness (QED) is 0.642. The van der Waals surface area contributed by atoms with Crippen LogP contribution in [0, 0.1) is 0 Å². The first kappa shape index (κ1) is 13.3. The number of ether oxygens (including phenoxy) is 3. The van der Waals surface area contributed by atoms with Crippen molar-refractivity contribution >= 4 is 15.9 Å². The van der Waals surface area contributed by atoms with E-state index in [9.17, 15) is 8.42 Å². The van der Waals surface area contributed by atoms with E-state index in [1.54, 1.807) is 13.8 Å². The molecule has 2 saturated heterocycles. The summed E-state index contributed by atoms with van der Waals surface area (Å²) in [6.07, 6.45) is -0.733. The molecule has 3 rings (SSSR count). The van der Waals surface area contributed by atoms with E-state index >= 15 is 0 Å². The SMILES string of the molecule is CC1(C)O[C@H]2O[C@@H]3CN=C(N)[C@]3(NS(C)(=O)=O)[C@H]2O1. The fourth-order valence-corrected chi connectivity index (χ4v) is 3.85. The topological polar surface area (TPSA) is 112 Å². The van der Waals surface area contributed by atoms with Crippen molar-refractivity contribution in [2.75, 3.05) is 12.8 Å². The molecule has 2 fully saturated rings. The molecule has 3 N–H and O–H groups in total. The van der Waals surface area contributed by atoms with Gasteiger partial charge >= 0.3 is 0 Å². The fraction of sp³-hybridized carbons (Fsp3) is 0.900. The molecule has 0 aromatic rings. The van der Waals surface area contributed by atoms with Crippen LogP contribution in [-0.2, 0) is 24.2 Å². The number of rotatable bonds is 2. The van der Waals surface area contributed by atoms with Gasteiger partial charge in [0.2, 0.25) is 10.0 Å². The van der Waals surface area contributed by atoms with Gasteiger partial charge in [0.15, 0.2) is 12.1 Å². The number of nitrogens with zero attached hydrogens (tertiary/aromatic N) is 1. The molecule has 9 heteroatoms. The lowest BCUT2D eigenvalue weighted by molar-refractivity contribution is -0.207. The number of nitrogens with one attached hydrogen (secondary N) is 1. The maximum Gasteiger partial charge on any atom is 0.209 e. The van der Waals surface area contributed by atoms with E-state index in [-0.39, 0.29) is 12.4 Å². The lowest BCUT2D eigenvalue weighted by Gasteiger charge is -2.33. The molecular weight excluding hydrogens is 274 g/mol. The highest BCUT2D eigenvalue weighted by atomic mass is 32.2. The molecule has 3 aliphatic heterocycles. The van der Waals surface area contributed by atoms with Gasteiger partial charge in [0.25, 0.3) is 0 Å². The normalized spacial score (nSPS) is 43.9. The van der Waals surface area contributed by atoms with Gasteiger partial charge in [0.05, 0.1) is 12.8 Å². The summed E-state index contributed by atoms with van der Waals surface area (Å²) in [5.74, 6) is -0.674. The molecule has 108 valence electrons. The van der Waals surface area contributed by atoms with Gasteiger partial charge in [-0.2, -0.15) is 4.72 Å². The Kier molecular flexibility index (Phi) is 2.56. The number of sulfonamides is 1. The predicted molar refractivity (Wildman–Crippen MR) is 65.9 cm³/mol. The summed E-state index contributed by atoms with van der Waals surface area (Å²) in [5.41, 5.74) is 4.74. The van der Waals surface area contributed by atoms with Crippen molar-refractivity contribution in [1.82, 2.24) is 4.72 Å². The van der Waals surface area contributed by atoms with Crippen molar-refractivity contribution < 1.29 is 22.6 Å². The third-order valence-corrected chi connectivity index (χ3v) is 4.23. The van der Waals surface area contributed by atoms with E-state index in [1.165, 1.54) is 0 Å². The molecule has 3 aliphatic rings. The van der Waals surface area contributed by atoms with E-state index in [1.807, 2.05) is 0 Å². The molecule has 0 amide bonds. The van der Waals surface area contributed by atoms with Crippen LogP contribution in [0.15, 0.2) is 4.99 Å². The van der Waals surface area contributed by atoms with Crippen LogP contribution < -0.4 is 10.5 Å². The van der Waals surface area contributed by atoms with Crippen LogP contribution in [0.5, 0.6) is 0 Å². The number of hydrogen-bond donors (Lipinski definition) is 2. The average Bonchev–Trinajstić information content (AvgIpc) is 2.75. The largest absolute Gasteiger partial charge is 0.386 e. The minimum absolute atomic E-state index is 0.178. The Bertz CT molecular complexity index is 545. The molecule has 3 heterocycles. The van der Waals surface area contributed by atoms with Gasteiger partial charge in [-0.1, -0.05) is 0 Å². The summed E-state index contributed by atoms with van der Waals surface area (Å²) < 4.78 is 42.9. The van der Waals surface area contributed by atoms with Crippen molar-refractivity contribution in [3.8, 4) is 0 Å². The minimum atomic E-state index is -3.51. The van der Waals surface area contributed by atoms with Crippen molar-refractivity contribution in [3.05, 3.63) is 0 Å². The lowest BCUT2D eigenvalue weighted by Crippen LogP contribution is -2.66.